The maximum Gasteiger partial charge on any atom is 0.329 e. The largest absolute Gasteiger partial charge is 0.458 e. The first kappa shape index (κ1) is 24.0. The highest BCUT2D eigenvalue weighted by atomic mass is 32.2. The lowest BCUT2D eigenvalue weighted by molar-refractivity contribution is -0.163. The standard InChI is InChI=1S/C23H31N3O5S/c1-23(2,3)31-22(28)19-12-8-14-26(19)21(27)15-24-32(29,30)20-13-7-9-16-17(20)10-6-11-18(16)25(4)5/h6-7,9-11,13,19,24H,8,12,14-15H2,1-5H3/t19-/m0/s1. The number of sulfonamides is 1. The van der Waals surface area contributed by atoms with Gasteiger partial charge in [0.25, 0.3) is 0 Å². The number of nitrogens with zero attached hydrogens (tertiary/aromatic N) is 2. The van der Waals surface area contributed by atoms with Crippen molar-refractivity contribution in [1.82, 2.24) is 9.62 Å². The van der Waals surface area contributed by atoms with Gasteiger partial charge in [-0.1, -0.05) is 24.3 Å². The van der Waals surface area contributed by atoms with Crippen LogP contribution in [0.25, 0.3) is 10.8 Å². The molecule has 1 fully saturated rings. The van der Waals surface area contributed by atoms with Crippen LogP contribution in [-0.4, -0.2) is 64.0 Å². The molecule has 0 bridgehead atoms. The molecule has 32 heavy (non-hydrogen) atoms. The monoisotopic (exact) mass is 461 g/mol. The van der Waals surface area contributed by atoms with Gasteiger partial charge in [0.2, 0.25) is 15.9 Å². The summed E-state index contributed by atoms with van der Waals surface area (Å²) in [5.41, 5.74) is 0.239. The Bertz CT molecular complexity index is 1120. The van der Waals surface area contributed by atoms with Gasteiger partial charge in [0.15, 0.2) is 0 Å². The number of anilines is 1. The van der Waals surface area contributed by atoms with Crippen LogP contribution in [-0.2, 0) is 24.3 Å². The summed E-state index contributed by atoms with van der Waals surface area (Å²) in [5.74, 6) is -0.910. The summed E-state index contributed by atoms with van der Waals surface area (Å²) in [6.45, 7) is 5.28. The van der Waals surface area contributed by atoms with Crippen molar-refractivity contribution >= 4 is 38.4 Å². The molecular formula is C23H31N3O5S. The minimum atomic E-state index is -3.95. The van der Waals surface area contributed by atoms with Crippen LogP contribution in [0.15, 0.2) is 41.3 Å². The Morgan fingerprint density at radius 3 is 2.44 bits per heavy atom. The third-order valence-corrected chi connectivity index (χ3v) is 6.76. The van der Waals surface area contributed by atoms with Crippen LogP contribution in [0.1, 0.15) is 33.6 Å². The summed E-state index contributed by atoms with van der Waals surface area (Å²) in [6, 6.07) is 9.85. The van der Waals surface area contributed by atoms with E-state index in [4.69, 9.17) is 4.74 Å². The molecule has 0 aliphatic carbocycles. The molecule has 2 aromatic rings. The first-order valence-electron chi connectivity index (χ1n) is 10.6. The predicted molar refractivity (Wildman–Crippen MR) is 124 cm³/mol. The van der Waals surface area contributed by atoms with Crippen molar-refractivity contribution in [3.05, 3.63) is 36.4 Å². The molecule has 2 aromatic carbocycles. The second-order valence-electron chi connectivity index (χ2n) is 9.13. The summed E-state index contributed by atoms with van der Waals surface area (Å²) in [7, 11) is -0.167. The van der Waals surface area contributed by atoms with Gasteiger partial charge in [-0.05, 0) is 45.7 Å². The number of carbonyl (C=O) groups excluding carboxylic acids is 2. The highest BCUT2D eigenvalue weighted by molar-refractivity contribution is 7.89. The van der Waals surface area contributed by atoms with Crippen LogP contribution in [0.5, 0.6) is 0 Å². The Morgan fingerprint density at radius 1 is 1.12 bits per heavy atom. The molecule has 1 aliphatic rings. The summed E-state index contributed by atoms with van der Waals surface area (Å²) >= 11 is 0. The van der Waals surface area contributed by atoms with Crippen LogP contribution < -0.4 is 9.62 Å². The molecule has 3 rings (SSSR count). The van der Waals surface area contributed by atoms with E-state index in [9.17, 15) is 18.0 Å². The highest BCUT2D eigenvalue weighted by Gasteiger charge is 2.37. The summed E-state index contributed by atoms with van der Waals surface area (Å²) in [6.07, 6.45) is 1.17. The van der Waals surface area contributed by atoms with Crippen LogP contribution in [0.4, 0.5) is 5.69 Å². The number of benzene rings is 2. The minimum absolute atomic E-state index is 0.108. The van der Waals surface area contributed by atoms with E-state index in [1.807, 2.05) is 31.1 Å². The number of fused-ring (bicyclic) bond motifs is 1. The maximum atomic E-state index is 13.1. The maximum absolute atomic E-state index is 13.1. The number of likely N-dealkylation sites (tertiary alicyclic amines) is 1. The van der Waals surface area contributed by atoms with Crippen LogP contribution >= 0.6 is 0 Å². The molecule has 0 aromatic heterocycles. The van der Waals surface area contributed by atoms with Gasteiger partial charge in [0.1, 0.15) is 11.6 Å². The van der Waals surface area contributed by atoms with Crippen LogP contribution in [0, 0.1) is 0 Å². The zero-order valence-corrected chi connectivity index (χ0v) is 20.0. The molecule has 0 unspecified atom stereocenters. The topological polar surface area (TPSA) is 96.0 Å². The van der Waals surface area contributed by atoms with Gasteiger partial charge < -0.3 is 14.5 Å². The van der Waals surface area contributed by atoms with E-state index in [1.54, 1.807) is 39.0 Å². The average molecular weight is 462 g/mol. The number of ether oxygens (including phenoxy) is 1. The van der Waals surface area contributed by atoms with Gasteiger partial charge in [0.05, 0.1) is 11.4 Å². The van der Waals surface area contributed by atoms with E-state index in [-0.39, 0.29) is 4.90 Å². The second-order valence-corrected chi connectivity index (χ2v) is 10.9. The summed E-state index contributed by atoms with van der Waals surface area (Å²) in [4.78, 5) is 28.7. The zero-order chi connectivity index (χ0) is 23.7. The first-order valence-corrected chi connectivity index (χ1v) is 12.1. The third-order valence-electron chi connectivity index (χ3n) is 5.30. The molecule has 0 radical (unpaired) electrons. The average Bonchev–Trinajstić information content (AvgIpc) is 3.20. The lowest BCUT2D eigenvalue weighted by Gasteiger charge is -2.27. The predicted octanol–water partition coefficient (Wildman–Crippen LogP) is 2.52. The smallest absolute Gasteiger partial charge is 0.329 e. The molecule has 1 heterocycles. The number of rotatable bonds is 6. The second kappa shape index (κ2) is 9.07. The molecule has 1 saturated heterocycles. The lowest BCUT2D eigenvalue weighted by atomic mass is 10.1. The number of amides is 1. The van der Waals surface area contributed by atoms with E-state index < -0.39 is 40.1 Å². The van der Waals surface area contributed by atoms with Gasteiger partial charge in [-0.2, -0.15) is 0 Å². The van der Waals surface area contributed by atoms with Gasteiger partial charge >= 0.3 is 5.97 Å². The van der Waals surface area contributed by atoms with Gasteiger partial charge in [-0.15, -0.1) is 0 Å². The molecule has 1 N–H and O–H groups in total. The molecule has 8 nitrogen and oxygen atoms in total. The first-order chi connectivity index (χ1) is 14.9. The molecule has 1 aliphatic heterocycles. The van der Waals surface area contributed by atoms with E-state index in [0.717, 1.165) is 11.1 Å². The Morgan fingerprint density at radius 2 is 1.78 bits per heavy atom. The van der Waals surface area contributed by atoms with Crippen molar-refractivity contribution in [2.24, 2.45) is 0 Å². The van der Waals surface area contributed by atoms with E-state index in [2.05, 4.69) is 4.72 Å². The number of hydrogen-bond donors (Lipinski definition) is 1. The van der Waals surface area contributed by atoms with Crippen molar-refractivity contribution < 1.29 is 22.7 Å². The van der Waals surface area contributed by atoms with Crippen LogP contribution in [0.2, 0.25) is 0 Å². The minimum Gasteiger partial charge on any atom is -0.458 e. The Hall–Kier alpha value is -2.65. The molecular weight excluding hydrogens is 430 g/mol. The third kappa shape index (κ3) is 5.21. The number of hydrogen-bond acceptors (Lipinski definition) is 6. The van der Waals surface area contributed by atoms with Crippen molar-refractivity contribution in [3.8, 4) is 0 Å². The van der Waals surface area contributed by atoms with Crippen molar-refractivity contribution in [2.75, 3.05) is 32.1 Å². The fraction of sp³-hybridized carbons (Fsp3) is 0.478. The number of nitrogens with one attached hydrogen (secondary N) is 1. The van der Waals surface area contributed by atoms with Gasteiger partial charge in [-0.3, -0.25) is 4.79 Å². The fourth-order valence-electron chi connectivity index (χ4n) is 3.90. The van der Waals surface area contributed by atoms with Crippen molar-refractivity contribution in [1.29, 1.82) is 0 Å². The Kier molecular flexibility index (Phi) is 6.80. The molecule has 1 amide bonds. The van der Waals surface area contributed by atoms with Crippen molar-refractivity contribution in [3.63, 3.8) is 0 Å². The lowest BCUT2D eigenvalue weighted by Crippen LogP contribution is -2.47. The van der Waals surface area contributed by atoms with Gasteiger partial charge in [0, 0.05) is 37.1 Å². The molecule has 0 saturated carbocycles. The number of esters is 1. The summed E-state index contributed by atoms with van der Waals surface area (Å²) in [5, 5.41) is 1.38. The van der Waals surface area contributed by atoms with E-state index in [1.165, 1.54) is 11.0 Å². The Labute approximate surface area is 189 Å². The van der Waals surface area contributed by atoms with Crippen molar-refractivity contribution in [2.45, 2.75) is 50.2 Å². The van der Waals surface area contributed by atoms with Gasteiger partial charge in [-0.25, -0.2) is 17.9 Å². The quantitative estimate of drug-likeness (QED) is 0.664. The van der Waals surface area contributed by atoms with E-state index in [0.29, 0.717) is 24.8 Å². The molecule has 1 atom stereocenters. The zero-order valence-electron chi connectivity index (χ0n) is 19.2. The number of carbonyl (C=O) groups is 2. The molecule has 0 spiro atoms. The highest BCUT2D eigenvalue weighted by Crippen LogP contribution is 2.30. The normalized spacial score (nSPS) is 16.9. The molecule has 174 valence electrons. The Balaban J connectivity index is 1.77. The van der Waals surface area contributed by atoms with E-state index >= 15 is 0 Å². The summed E-state index contributed by atoms with van der Waals surface area (Å²) < 4.78 is 34.0. The van der Waals surface area contributed by atoms with Crippen LogP contribution in [0.3, 0.4) is 0 Å². The SMILES string of the molecule is CN(C)c1cccc2c(S(=O)(=O)NCC(=O)N3CCC[C@H]3C(=O)OC(C)(C)C)cccc12. The molecule has 9 heteroatoms. The fourth-order valence-corrected chi connectivity index (χ4v) is 5.10.